The van der Waals surface area contributed by atoms with Crippen LogP contribution >= 0.6 is 11.6 Å². The van der Waals surface area contributed by atoms with Crippen molar-refractivity contribution in [1.29, 1.82) is 0 Å². The normalized spacial score (nSPS) is 10.5. The number of aryl methyl sites for hydroxylation is 1. The number of aromatic nitrogens is 1. The lowest BCUT2D eigenvalue weighted by Crippen LogP contribution is -2.23. The molecule has 4 heteroatoms. The Morgan fingerprint density at radius 2 is 2.00 bits per heavy atom. The first kappa shape index (κ1) is 13.7. The second-order valence-electron chi connectivity index (χ2n) is 4.62. The highest BCUT2D eigenvalue weighted by Gasteiger charge is 2.11. The lowest BCUT2D eigenvalue weighted by molar-refractivity contribution is 0.0951. The molecule has 0 spiro atoms. The Morgan fingerprint density at radius 1 is 1.32 bits per heavy atom. The fourth-order valence-electron chi connectivity index (χ4n) is 2.03. The molecule has 2 aromatic rings. The summed E-state index contributed by atoms with van der Waals surface area (Å²) in [6, 6.07) is 9.14. The number of carbonyl (C=O) groups is 1. The molecule has 0 fully saturated rings. The van der Waals surface area contributed by atoms with Gasteiger partial charge in [0.2, 0.25) is 0 Å². The van der Waals surface area contributed by atoms with Gasteiger partial charge in [0.25, 0.3) is 5.91 Å². The van der Waals surface area contributed by atoms with E-state index >= 15 is 0 Å². The maximum absolute atomic E-state index is 12.0. The molecule has 0 saturated carbocycles. The van der Waals surface area contributed by atoms with Gasteiger partial charge in [-0.2, -0.15) is 0 Å². The van der Waals surface area contributed by atoms with Crippen LogP contribution < -0.4 is 5.32 Å². The lowest BCUT2D eigenvalue weighted by Gasteiger charge is -2.07. The molecule has 0 aliphatic heterocycles. The molecule has 0 atom stereocenters. The van der Waals surface area contributed by atoms with E-state index in [0.29, 0.717) is 17.1 Å². The van der Waals surface area contributed by atoms with Crippen LogP contribution in [0.5, 0.6) is 0 Å². The van der Waals surface area contributed by atoms with Crippen molar-refractivity contribution in [3.8, 4) is 0 Å². The molecule has 0 aliphatic rings. The average Bonchev–Trinajstić information content (AvgIpc) is 2.64. The van der Waals surface area contributed by atoms with Gasteiger partial charge in [-0.05, 0) is 37.6 Å². The Morgan fingerprint density at radius 3 is 2.58 bits per heavy atom. The van der Waals surface area contributed by atoms with E-state index in [0.717, 1.165) is 11.3 Å². The number of hydrogen-bond donors (Lipinski definition) is 1. The Kier molecular flexibility index (Phi) is 3.96. The molecule has 0 unspecified atom stereocenters. The minimum Gasteiger partial charge on any atom is -0.352 e. The first-order valence-corrected chi connectivity index (χ1v) is 6.53. The van der Waals surface area contributed by atoms with Crippen LogP contribution in [-0.2, 0) is 13.6 Å². The summed E-state index contributed by atoms with van der Waals surface area (Å²) >= 11 is 6.00. The highest BCUT2D eigenvalue weighted by molar-refractivity contribution is 6.33. The maximum Gasteiger partial charge on any atom is 0.253 e. The average molecular weight is 277 g/mol. The zero-order valence-corrected chi connectivity index (χ0v) is 12.1. The third kappa shape index (κ3) is 2.82. The zero-order valence-electron chi connectivity index (χ0n) is 11.3. The molecular weight excluding hydrogens is 260 g/mol. The number of benzene rings is 1. The van der Waals surface area contributed by atoms with Crippen molar-refractivity contribution in [3.63, 3.8) is 0 Å². The number of rotatable bonds is 3. The predicted molar refractivity (Wildman–Crippen MR) is 77.5 cm³/mol. The highest BCUT2D eigenvalue weighted by Crippen LogP contribution is 2.16. The monoisotopic (exact) mass is 276 g/mol. The van der Waals surface area contributed by atoms with E-state index < -0.39 is 0 Å². The number of nitrogens with one attached hydrogen (secondary N) is 1. The Hall–Kier alpha value is -1.74. The smallest absolute Gasteiger partial charge is 0.253 e. The lowest BCUT2D eigenvalue weighted by atomic mass is 10.2. The summed E-state index contributed by atoms with van der Waals surface area (Å²) in [4.78, 5) is 12.0. The van der Waals surface area contributed by atoms with Crippen molar-refractivity contribution >= 4 is 17.5 Å². The van der Waals surface area contributed by atoms with E-state index in [1.807, 2.05) is 27.0 Å². The summed E-state index contributed by atoms with van der Waals surface area (Å²) in [6.07, 6.45) is 0. The molecule has 1 heterocycles. The summed E-state index contributed by atoms with van der Waals surface area (Å²) in [6.45, 7) is 4.61. The predicted octanol–water partition coefficient (Wildman–Crippen LogP) is 3.23. The van der Waals surface area contributed by atoms with E-state index in [1.165, 1.54) is 5.69 Å². The first-order chi connectivity index (χ1) is 9.00. The number of halogens is 1. The molecule has 0 aliphatic carbocycles. The van der Waals surface area contributed by atoms with E-state index in [1.54, 1.807) is 18.2 Å². The molecule has 0 bridgehead atoms. The largest absolute Gasteiger partial charge is 0.352 e. The molecule has 1 aromatic heterocycles. The van der Waals surface area contributed by atoms with Gasteiger partial charge in [-0.1, -0.05) is 23.7 Å². The van der Waals surface area contributed by atoms with Gasteiger partial charge in [0, 0.05) is 25.0 Å². The molecule has 19 heavy (non-hydrogen) atoms. The quantitative estimate of drug-likeness (QED) is 0.918. The number of carbonyl (C=O) groups excluding carboxylic acids is 1. The summed E-state index contributed by atoms with van der Waals surface area (Å²) < 4.78 is 2.11. The molecule has 3 nitrogen and oxygen atoms in total. The zero-order chi connectivity index (χ0) is 14.0. The fraction of sp³-hybridized carbons (Fsp3) is 0.267. The molecule has 1 N–H and O–H groups in total. The summed E-state index contributed by atoms with van der Waals surface area (Å²) in [7, 11) is 2.02. The van der Waals surface area contributed by atoms with Crippen LogP contribution in [0.1, 0.15) is 27.3 Å². The SMILES string of the molecule is Cc1cc(CNC(=O)c2ccccc2Cl)c(C)n1C. The van der Waals surface area contributed by atoms with Crippen LogP contribution in [0.4, 0.5) is 0 Å². The van der Waals surface area contributed by atoms with Crippen molar-refractivity contribution in [2.24, 2.45) is 7.05 Å². The molecule has 0 radical (unpaired) electrons. The van der Waals surface area contributed by atoms with Crippen molar-refractivity contribution < 1.29 is 4.79 Å². The van der Waals surface area contributed by atoms with Gasteiger partial charge in [0.1, 0.15) is 0 Å². The number of hydrogen-bond acceptors (Lipinski definition) is 1. The summed E-state index contributed by atoms with van der Waals surface area (Å²) in [5.74, 6) is -0.147. The van der Waals surface area contributed by atoms with Gasteiger partial charge in [-0.15, -0.1) is 0 Å². The third-order valence-corrected chi connectivity index (χ3v) is 3.77. The van der Waals surface area contributed by atoms with Gasteiger partial charge < -0.3 is 9.88 Å². The minimum atomic E-state index is -0.147. The Bertz CT molecular complexity index is 617. The van der Waals surface area contributed by atoms with Gasteiger partial charge in [0.15, 0.2) is 0 Å². The highest BCUT2D eigenvalue weighted by atomic mass is 35.5. The van der Waals surface area contributed by atoms with Crippen LogP contribution in [0.15, 0.2) is 30.3 Å². The van der Waals surface area contributed by atoms with Crippen LogP contribution in [0.25, 0.3) is 0 Å². The van der Waals surface area contributed by atoms with Crippen LogP contribution in [0.3, 0.4) is 0 Å². The third-order valence-electron chi connectivity index (χ3n) is 3.44. The standard InChI is InChI=1S/C15H17ClN2O/c1-10-8-12(11(2)18(10)3)9-17-15(19)13-6-4-5-7-14(13)16/h4-8H,9H2,1-3H3,(H,17,19). The topological polar surface area (TPSA) is 34.0 Å². The second kappa shape index (κ2) is 5.49. The Balaban J connectivity index is 2.09. The second-order valence-corrected chi connectivity index (χ2v) is 5.03. The molecule has 0 saturated heterocycles. The molecule has 1 aromatic carbocycles. The summed E-state index contributed by atoms with van der Waals surface area (Å²) in [5.41, 5.74) is 3.98. The van der Waals surface area contributed by atoms with Crippen molar-refractivity contribution in [1.82, 2.24) is 9.88 Å². The van der Waals surface area contributed by atoms with Gasteiger partial charge in [-0.3, -0.25) is 4.79 Å². The van der Waals surface area contributed by atoms with Crippen LogP contribution in [0.2, 0.25) is 5.02 Å². The van der Waals surface area contributed by atoms with Crippen molar-refractivity contribution in [2.75, 3.05) is 0 Å². The fourth-order valence-corrected chi connectivity index (χ4v) is 2.25. The molecule has 2 rings (SSSR count). The number of nitrogens with zero attached hydrogens (tertiary/aromatic N) is 1. The number of amides is 1. The van der Waals surface area contributed by atoms with Crippen LogP contribution in [0, 0.1) is 13.8 Å². The van der Waals surface area contributed by atoms with Crippen molar-refractivity contribution in [2.45, 2.75) is 20.4 Å². The maximum atomic E-state index is 12.0. The van der Waals surface area contributed by atoms with Gasteiger partial charge in [-0.25, -0.2) is 0 Å². The Labute approximate surface area is 118 Å². The van der Waals surface area contributed by atoms with Gasteiger partial charge >= 0.3 is 0 Å². The summed E-state index contributed by atoms with van der Waals surface area (Å²) in [5, 5.41) is 3.37. The first-order valence-electron chi connectivity index (χ1n) is 6.15. The minimum absolute atomic E-state index is 0.147. The molecule has 100 valence electrons. The molecule has 1 amide bonds. The van der Waals surface area contributed by atoms with Gasteiger partial charge in [0.05, 0.1) is 10.6 Å². The van der Waals surface area contributed by atoms with E-state index in [4.69, 9.17) is 11.6 Å². The van der Waals surface area contributed by atoms with Crippen molar-refractivity contribution in [3.05, 3.63) is 57.9 Å². The molecular formula is C15H17ClN2O. The van der Waals surface area contributed by atoms with Crippen LogP contribution in [-0.4, -0.2) is 10.5 Å². The van der Waals surface area contributed by atoms with E-state index in [-0.39, 0.29) is 5.91 Å². The van der Waals surface area contributed by atoms with E-state index in [9.17, 15) is 4.79 Å². The van der Waals surface area contributed by atoms with E-state index in [2.05, 4.69) is 16.0 Å².